The fourth-order valence-electron chi connectivity index (χ4n) is 6.02. The number of nitrogens with one attached hydrogen (secondary N) is 1. The Bertz CT molecular complexity index is 2410. The van der Waals surface area contributed by atoms with E-state index in [4.69, 9.17) is 9.73 Å². The first-order chi connectivity index (χ1) is 23.3. The Hall–Kier alpha value is -6.07. The number of nitro groups is 1. The second kappa shape index (κ2) is 12.6. The number of amides is 1. The highest BCUT2D eigenvalue weighted by molar-refractivity contribution is 7.07. The smallest absolute Gasteiger partial charge is 0.271 e. The highest BCUT2D eigenvalue weighted by atomic mass is 32.1. The van der Waals surface area contributed by atoms with Gasteiger partial charge in [0.2, 0.25) is 0 Å². The fraction of sp³-hybridized carbons (Fsp3) is 0.108. The summed E-state index contributed by atoms with van der Waals surface area (Å²) in [6.07, 6.45) is 3.85. The Balaban J connectivity index is 1.33. The molecule has 1 amide bonds. The number of fused-ring (bicyclic) bond motifs is 2. The van der Waals surface area contributed by atoms with E-state index in [0.29, 0.717) is 38.6 Å². The number of carbonyl (C=O) groups excluding carboxylic acids is 1. The van der Waals surface area contributed by atoms with E-state index in [-0.39, 0.29) is 17.2 Å². The molecule has 0 aliphatic carbocycles. The van der Waals surface area contributed by atoms with Gasteiger partial charge in [0.1, 0.15) is 5.75 Å². The van der Waals surface area contributed by atoms with Crippen molar-refractivity contribution in [1.82, 2.24) is 9.13 Å². The molecule has 2 aromatic heterocycles. The van der Waals surface area contributed by atoms with Crippen molar-refractivity contribution in [1.29, 1.82) is 0 Å². The zero-order valence-corrected chi connectivity index (χ0v) is 26.8. The minimum atomic E-state index is -0.721. The first kappa shape index (κ1) is 30.6. The average Bonchev–Trinajstić information content (AvgIpc) is 3.60. The van der Waals surface area contributed by atoms with Gasteiger partial charge in [0.25, 0.3) is 17.2 Å². The zero-order valence-electron chi connectivity index (χ0n) is 26.0. The van der Waals surface area contributed by atoms with Gasteiger partial charge in [-0.05, 0) is 54.5 Å². The second-order valence-corrected chi connectivity index (χ2v) is 12.3. The Morgan fingerprint density at radius 3 is 2.42 bits per heavy atom. The maximum absolute atomic E-state index is 14.3. The molecule has 7 rings (SSSR count). The summed E-state index contributed by atoms with van der Waals surface area (Å²) >= 11 is 1.28. The van der Waals surface area contributed by atoms with E-state index in [1.54, 1.807) is 30.7 Å². The number of nitrogens with zero attached hydrogens (tertiary/aromatic N) is 4. The van der Waals surface area contributed by atoms with Crippen LogP contribution in [0.3, 0.4) is 0 Å². The standard InChI is InChI=1S/C37H29N5O5S/c1-23-33(35(43)39-27-8-4-3-5-9-27)34(25-14-18-29(47-2)19-15-25)41-36(44)32(48-37(41)38-23)20-26-22-40(31-11-7-6-10-30(26)31)21-24-12-16-28(17-13-24)42(45)46/h3-20,22,34H,21H2,1-2H3,(H,39,43)/b32-20+/t34-/m1/s1. The summed E-state index contributed by atoms with van der Waals surface area (Å²) in [4.78, 5) is 44.1. The predicted octanol–water partition coefficient (Wildman–Crippen LogP) is 5.79. The van der Waals surface area contributed by atoms with E-state index >= 15 is 0 Å². The molecule has 0 unspecified atom stereocenters. The second-order valence-electron chi connectivity index (χ2n) is 11.3. The van der Waals surface area contributed by atoms with Crippen LogP contribution in [-0.2, 0) is 11.3 Å². The molecule has 0 saturated carbocycles. The summed E-state index contributed by atoms with van der Waals surface area (Å²) in [5.41, 5.74) is 4.77. The third kappa shape index (κ3) is 5.71. The van der Waals surface area contributed by atoms with Gasteiger partial charge < -0.3 is 14.6 Å². The summed E-state index contributed by atoms with van der Waals surface area (Å²) in [6, 6.07) is 30.2. The molecule has 3 heterocycles. The van der Waals surface area contributed by atoms with Gasteiger partial charge in [-0.1, -0.05) is 72.0 Å². The van der Waals surface area contributed by atoms with E-state index in [0.717, 1.165) is 27.6 Å². The van der Waals surface area contributed by atoms with Gasteiger partial charge in [-0.25, -0.2) is 4.99 Å². The summed E-state index contributed by atoms with van der Waals surface area (Å²) in [6.45, 7) is 2.28. The Kier molecular flexibility index (Phi) is 8.03. The normalized spacial score (nSPS) is 14.5. The predicted molar refractivity (Wildman–Crippen MR) is 186 cm³/mol. The first-order valence-corrected chi connectivity index (χ1v) is 16.0. The number of ether oxygens (including phenoxy) is 1. The number of nitro benzene ring substituents is 1. The van der Waals surface area contributed by atoms with Crippen molar-refractivity contribution in [3.8, 4) is 5.75 Å². The van der Waals surface area contributed by atoms with Gasteiger partial charge in [-0.2, -0.15) is 0 Å². The third-order valence-corrected chi connectivity index (χ3v) is 9.32. The van der Waals surface area contributed by atoms with Crippen LogP contribution in [0.5, 0.6) is 5.75 Å². The van der Waals surface area contributed by atoms with Crippen LogP contribution in [0, 0.1) is 10.1 Å². The minimum Gasteiger partial charge on any atom is -0.497 e. The van der Waals surface area contributed by atoms with Crippen molar-refractivity contribution >= 4 is 45.6 Å². The van der Waals surface area contributed by atoms with E-state index in [1.165, 1.54) is 23.5 Å². The van der Waals surface area contributed by atoms with E-state index in [1.807, 2.05) is 91.1 Å². The van der Waals surface area contributed by atoms with Crippen molar-refractivity contribution in [3.63, 3.8) is 0 Å². The van der Waals surface area contributed by atoms with Crippen LogP contribution in [0.15, 0.2) is 130 Å². The van der Waals surface area contributed by atoms with Crippen LogP contribution >= 0.6 is 11.3 Å². The highest BCUT2D eigenvalue weighted by Crippen LogP contribution is 2.32. The number of para-hydroxylation sites is 2. The topological polar surface area (TPSA) is 121 Å². The van der Waals surface area contributed by atoms with E-state index < -0.39 is 11.0 Å². The molecule has 11 heteroatoms. The molecular weight excluding hydrogens is 627 g/mol. The number of anilines is 1. The monoisotopic (exact) mass is 655 g/mol. The number of benzene rings is 4. The largest absolute Gasteiger partial charge is 0.497 e. The molecule has 4 aromatic carbocycles. The van der Waals surface area contributed by atoms with E-state index in [2.05, 4.69) is 9.88 Å². The molecule has 6 aromatic rings. The molecule has 0 fully saturated rings. The van der Waals surface area contributed by atoms with Crippen molar-refractivity contribution in [2.45, 2.75) is 19.5 Å². The fourth-order valence-corrected chi connectivity index (χ4v) is 7.05. The number of methoxy groups -OCH3 is 1. The maximum atomic E-state index is 14.3. The average molecular weight is 656 g/mol. The maximum Gasteiger partial charge on any atom is 0.271 e. The molecular formula is C37H29N5O5S. The number of hydrogen-bond donors (Lipinski definition) is 1. The molecule has 1 atom stereocenters. The van der Waals surface area contributed by atoms with Gasteiger partial charge in [0, 0.05) is 47.0 Å². The minimum absolute atomic E-state index is 0.0380. The van der Waals surface area contributed by atoms with Crippen LogP contribution in [0.1, 0.15) is 29.7 Å². The van der Waals surface area contributed by atoms with Gasteiger partial charge in [0.15, 0.2) is 4.80 Å². The number of thiazole rings is 1. The summed E-state index contributed by atoms with van der Waals surface area (Å²) in [5.74, 6) is 0.319. The van der Waals surface area contributed by atoms with Crippen LogP contribution in [0.25, 0.3) is 17.0 Å². The number of allylic oxidation sites excluding steroid dienone is 1. The Morgan fingerprint density at radius 1 is 1.00 bits per heavy atom. The zero-order chi connectivity index (χ0) is 33.4. The van der Waals surface area contributed by atoms with Crippen molar-refractivity contribution < 1.29 is 14.5 Å². The van der Waals surface area contributed by atoms with Crippen molar-refractivity contribution in [2.24, 2.45) is 4.99 Å². The molecule has 1 aliphatic rings. The quantitative estimate of drug-likeness (QED) is 0.164. The van der Waals surface area contributed by atoms with Crippen molar-refractivity contribution in [2.75, 3.05) is 12.4 Å². The van der Waals surface area contributed by atoms with Gasteiger partial charge in [-0.3, -0.25) is 24.3 Å². The van der Waals surface area contributed by atoms with Gasteiger partial charge in [-0.15, -0.1) is 0 Å². The van der Waals surface area contributed by atoms with E-state index in [9.17, 15) is 19.7 Å². The molecule has 0 saturated heterocycles. The number of carbonyl (C=O) groups is 1. The van der Waals surface area contributed by atoms with Gasteiger partial charge in [0.05, 0.1) is 33.9 Å². The first-order valence-electron chi connectivity index (χ1n) is 15.1. The van der Waals surface area contributed by atoms with Crippen LogP contribution < -0.4 is 24.9 Å². The molecule has 0 radical (unpaired) electrons. The van der Waals surface area contributed by atoms with Crippen LogP contribution in [0.4, 0.5) is 11.4 Å². The van der Waals surface area contributed by atoms with Crippen LogP contribution in [0.2, 0.25) is 0 Å². The molecule has 1 N–H and O–H groups in total. The summed E-state index contributed by atoms with van der Waals surface area (Å²) < 4.78 is 9.51. The summed E-state index contributed by atoms with van der Waals surface area (Å²) in [7, 11) is 1.59. The van der Waals surface area contributed by atoms with Crippen LogP contribution in [-0.4, -0.2) is 27.1 Å². The molecule has 48 heavy (non-hydrogen) atoms. The lowest BCUT2D eigenvalue weighted by atomic mass is 9.95. The lowest BCUT2D eigenvalue weighted by molar-refractivity contribution is -0.384. The molecule has 0 spiro atoms. The summed E-state index contributed by atoms with van der Waals surface area (Å²) in [5, 5.41) is 15.1. The Labute approximate surface area is 278 Å². The molecule has 238 valence electrons. The number of non-ortho nitro benzene ring substituents is 1. The number of rotatable bonds is 8. The SMILES string of the molecule is COc1ccc([C@@H]2C(C(=O)Nc3ccccc3)=C(C)N=c3s/c(=C/c4cn(Cc5ccc([N+](=O)[O-])cc5)c5ccccc45)c(=O)n32)cc1. The van der Waals surface area contributed by atoms with Crippen molar-refractivity contribution in [3.05, 3.63) is 167 Å². The van der Waals surface area contributed by atoms with Gasteiger partial charge >= 0.3 is 0 Å². The third-order valence-electron chi connectivity index (χ3n) is 8.34. The Morgan fingerprint density at radius 2 is 1.71 bits per heavy atom. The lowest BCUT2D eigenvalue weighted by Crippen LogP contribution is -2.40. The highest BCUT2D eigenvalue weighted by Gasteiger charge is 2.32. The number of aromatic nitrogens is 2. The number of hydrogen-bond acceptors (Lipinski definition) is 7. The molecule has 0 bridgehead atoms. The molecule has 1 aliphatic heterocycles. The molecule has 10 nitrogen and oxygen atoms in total. The lowest BCUT2D eigenvalue weighted by Gasteiger charge is -2.25.